The molecule has 0 aliphatic carbocycles. The third kappa shape index (κ3) is 4.68. The highest BCUT2D eigenvalue weighted by molar-refractivity contribution is 7.80. The van der Waals surface area contributed by atoms with Crippen molar-refractivity contribution in [2.24, 2.45) is 0 Å². The van der Waals surface area contributed by atoms with Crippen LogP contribution in [0.5, 0.6) is 0 Å². The molecule has 0 saturated carbocycles. The fourth-order valence-corrected chi connectivity index (χ4v) is 4.91. The maximum absolute atomic E-state index is 12.5. The van der Waals surface area contributed by atoms with E-state index in [1.807, 2.05) is 43.3 Å². The van der Waals surface area contributed by atoms with E-state index in [0.717, 1.165) is 34.8 Å². The minimum Gasteiger partial charge on any atom is -0.462 e. The van der Waals surface area contributed by atoms with E-state index < -0.39 is 0 Å². The van der Waals surface area contributed by atoms with Crippen LogP contribution >= 0.6 is 23.6 Å². The quantitative estimate of drug-likeness (QED) is 0.524. The summed E-state index contributed by atoms with van der Waals surface area (Å²) in [5, 5.41) is 4.81. The van der Waals surface area contributed by atoms with E-state index in [9.17, 15) is 4.79 Å². The number of hydrogen-bond acceptors (Lipinski definition) is 4. The smallest absolute Gasteiger partial charge is 0.341 e. The number of thiocarbonyl (C=S) groups is 1. The Hall–Kier alpha value is -1.92. The molecular weight excluding hydrogens is 376 g/mol. The number of thiophene rings is 1. The minimum atomic E-state index is -0.313. The number of likely N-dealkylation sites (tertiary alicyclic amines) is 1. The van der Waals surface area contributed by atoms with Gasteiger partial charge in [-0.2, -0.15) is 0 Å². The van der Waals surface area contributed by atoms with Crippen molar-refractivity contribution < 1.29 is 9.53 Å². The van der Waals surface area contributed by atoms with Gasteiger partial charge in [0.2, 0.25) is 0 Å². The van der Waals surface area contributed by atoms with Crippen LogP contribution in [0.3, 0.4) is 0 Å². The Bertz CT molecular complexity index is 789. The fraction of sp³-hybridized carbons (Fsp3) is 0.429. The Balaban J connectivity index is 1.87. The van der Waals surface area contributed by atoms with Crippen LogP contribution in [-0.4, -0.2) is 35.2 Å². The third-order valence-electron chi connectivity index (χ3n) is 4.87. The van der Waals surface area contributed by atoms with Crippen LogP contribution in [-0.2, 0) is 4.74 Å². The van der Waals surface area contributed by atoms with Crippen molar-refractivity contribution >= 4 is 39.6 Å². The number of benzene rings is 1. The normalized spacial score (nSPS) is 16.8. The monoisotopic (exact) mass is 402 g/mol. The molecule has 2 heterocycles. The number of anilines is 1. The topological polar surface area (TPSA) is 41.6 Å². The van der Waals surface area contributed by atoms with Crippen molar-refractivity contribution in [3.63, 3.8) is 0 Å². The van der Waals surface area contributed by atoms with E-state index in [1.165, 1.54) is 12.8 Å². The minimum absolute atomic E-state index is 0.313. The van der Waals surface area contributed by atoms with Gasteiger partial charge < -0.3 is 15.0 Å². The first-order valence-corrected chi connectivity index (χ1v) is 10.8. The van der Waals surface area contributed by atoms with Gasteiger partial charge in [0.25, 0.3) is 0 Å². The summed E-state index contributed by atoms with van der Waals surface area (Å²) in [6.07, 6.45) is 4.65. The molecule has 1 N–H and O–H groups in total. The second-order valence-corrected chi connectivity index (χ2v) is 8.06. The summed E-state index contributed by atoms with van der Waals surface area (Å²) < 4.78 is 5.26. The Labute approximate surface area is 170 Å². The zero-order valence-corrected chi connectivity index (χ0v) is 17.5. The van der Waals surface area contributed by atoms with Gasteiger partial charge in [0.05, 0.1) is 12.2 Å². The summed E-state index contributed by atoms with van der Waals surface area (Å²) in [6.45, 7) is 5.34. The highest BCUT2D eigenvalue weighted by atomic mass is 32.1. The molecule has 0 amide bonds. The van der Waals surface area contributed by atoms with Crippen molar-refractivity contribution in [2.45, 2.75) is 45.6 Å². The Morgan fingerprint density at radius 3 is 2.78 bits per heavy atom. The van der Waals surface area contributed by atoms with Gasteiger partial charge in [-0.1, -0.05) is 37.3 Å². The zero-order valence-electron chi connectivity index (χ0n) is 15.9. The predicted octanol–water partition coefficient (Wildman–Crippen LogP) is 5.55. The Kier molecular flexibility index (Phi) is 6.85. The van der Waals surface area contributed by atoms with Crippen LogP contribution in [0.2, 0.25) is 0 Å². The van der Waals surface area contributed by atoms with E-state index in [2.05, 4.69) is 17.1 Å². The van der Waals surface area contributed by atoms with Crippen molar-refractivity contribution in [3.05, 3.63) is 42.0 Å². The molecule has 1 aromatic heterocycles. The molecule has 1 atom stereocenters. The third-order valence-corrected chi connectivity index (χ3v) is 6.30. The number of hydrogen-bond donors (Lipinski definition) is 1. The number of esters is 1. The molecule has 1 unspecified atom stereocenters. The molecule has 1 aromatic carbocycles. The lowest BCUT2D eigenvalue weighted by Gasteiger charge is -2.37. The first kappa shape index (κ1) is 19.8. The number of nitrogens with one attached hydrogen (secondary N) is 1. The molecule has 3 rings (SSSR count). The van der Waals surface area contributed by atoms with Crippen molar-refractivity contribution in [3.8, 4) is 10.4 Å². The molecule has 2 aromatic rings. The van der Waals surface area contributed by atoms with Crippen LogP contribution in [0.25, 0.3) is 10.4 Å². The molecule has 0 bridgehead atoms. The maximum Gasteiger partial charge on any atom is 0.341 e. The molecule has 144 valence electrons. The van der Waals surface area contributed by atoms with Crippen LogP contribution in [0.4, 0.5) is 5.00 Å². The molecule has 1 saturated heterocycles. The Morgan fingerprint density at radius 2 is 2.07 bits per heavy atom. The van der Waals surface area contributed by atoms with Gasteiger partial charge in [-0.15, -0.1) is 11.3 Å². The summed E-state index contributed by atoms with van der Waals surface area (Å²) in [4.78, 5) is 15.8. The molecule has 1 fully saturated rings. The molecular formula is C21H26N2O2S2. The van der Waals surface area contributed by atoms with Gasteiger partial charge in [0.15, 0.2) is 5.11 Å². The van der Waals surface area contributed by atoms with Gasteiger partial charge in [-0.05, 0) is 56.5 Å². The number of nitrogens with zero attached hydrogens (tertiary/aromatic N) is 1. The lowest BCUT2D eigenvalue weighted by Crippen LogP contribution is -2.45. The molecule has 0 spiro atoms. The number of carbonyl (C=O) groups excluding carboxylic acids is 1. The second-order valence-electron chi connectivity index (χ2n) is 6.62. The summed E-state index contributed by atoms with van der Waals surface area (Å²) >= 11 is 7.25. The SMILES string of the molecule is CCOC(=O)c1cc(-c2ccccc2)sc1NC(=S)N1CCCCC1CC. The summed E-state index contributed by atoms with van der Waals surface area (Å²) in [5.74, 6) is -0.313. The van der Waals surface area contributed by atoms with Crippen LogP contribution < -0.4 is 5.32 Å². The van der Waals surface area contributed by atoms with Crippen LogP contribution in [0, 0.1) is 0 Å². The highest BCUT2D eigenvalue weighted by Crippen LogP contribution is 2.36. The number of carbonyl (C=O) groups is 1. The molecule has 0 radical (unpaired) electrons. The largest absolute Gasteiger partial charge is 0.462 e. The lowest BCUT2D eigenvalue weighted by atomic mass is 10.0. The van der Waals surface area contributed by atoms with Crippen molar-refractivity contribution in [2.75, 3.05) is 18.5 Å². The fourth-order valence-electron chi connectivity index (χ4n) is 3.45. The average molecular weight is 403 g/mol. The van der Waals surface area contributed by atoms with E-state index in [-0.39, 0.29) is 5.97 Å². The standard InChI is InChI=1S/C21H26N2O2S2/c1-3-16-12-8-9-13-23(16)21(26)22-19-17(20(24)25-4-2)14-18(27-19)15-10-6-5-7-11-15/h5-7,10-11,14,16H,3-4,8-9,12-13H2,1-2H3,(H,22,26). The van der Waals surface area contributed by atoms with E-state index in [4.69, 9.17) is 17.0 Å². The number of piperidine rings is 1. The molecule has 1 aliphatic heterocycles. The maximum atomic E-state index is 12.5. The van der Waals surface area contributed by atoms with Gasteiger partial charge >= 0.3 is 5.97 Å². The summed E-state index contributed by atoms with van der Waals surface area (Å²) in [5.41, 5.74) is 1.63. The first-order chi connectivity index (χ1) is 13.1. The van der Waals surface area contributed by atoms with Crippen molar-refractivity contribution in [1.29, 1.82) is 0 Å². The molecule has 27 heavy (non-hydrogen) atoms. The van der Waals surface area contributed by atoms with Crippen LogP contribution in [0.15, 0.2) is 36.4 Å². The average Bonchev–Trinajstić information content (AvgIpc) is 3.12. The van der Waals surface area contributed by atoms with Gasteiger partial charge in [-0.3, -0.25) is 0 Å². The van der Waals surface area contributed by atoms with Gasteiger partial charge in [-0.25, -0.2) is 4.79 Å². The number of rotatable bonds is 5. The predicted molar refractivity (Wildman–Crippen MR) is 117 cm³/mol. The molecule has 6 heteroatoms. The van der Waals surface area contributed by atoms with E-state index in [1.54, 1.807) is 11.3 Å². The van der Waals surface area contributed by atoms with Crippen molar-refractivity contribution in [1.82, 2.24) is 4.90 Å². The zero-order chi connectivity index (χ0) is 19.2. The van der Waals surface area contributed by atoms with E-state index >= 15 is 0 Å². The molecule has 4 nitrogen and oxygen atoms in total. The second kappa shape index (κ2) is 9.33. The summed E-state index contributed by atoms with van der Waals surface area (Å²) in [7, 11) is 0. The highest BCUT2D eigenvalue weighted by Gasteiger charge is 2.25. The molecule has 1 aliphatic rings. The van der Waals surface area contributed by atoms with Crippen LogP contribution in [0.1, 0.15) is 49.9 Å². The Morgan fingerprint density at radius 1 is 1.30 bits per heavy atom. The lowest BCUT2D eigenvalue weighted by molar-refractivity contribution is 0.0528. The summed E-state index contributed by atoms with van der Waals surface area (Å²) in [6, 6.07) is 12.4. The van der Waals surface area contributed by atoms with Gasteiger partial charge in [0, 0.05) is 17.5 Å². The number of ether oxygens (including phenoxy) is 1. The van der Waals surface area contributed by atoms with E-state index in [0.29, 0.717) is 23.3 Å². The van der Waals surface area contributed by atoms with Gasteiger partial charge in [0.1, 0.15) is 5.00 Å². The first-order valence-electron chi connectivity index (χ1n) is 9.58.